The Morgan fingerprint density at radius 1 is 0.944 bits per heavy atom. The molecule has 6 nitrogen and oxygen atoms in total. The first-order valence-electron chi connectivity index (χ1n) is 5.75. The smallest absolute Gasteiger partial charge is 0.234 e. The van der Waals surface area contributed by atoms with Crippen molar-refractivity contribution in [1.82, 2.24) is 10.6 Å². The molecule has 0 fully saturated rings. The van der Waals surface area contributed by atoms with Gasteiger partial charge in [0.2, 0.25) is 11.8 Å². The second-order valence-electron chi connectivity index (χ2n) is 3.80. The van der Waals surface area contributed by atoms with E-state index in [0.29, 0.717) is 0 Å². The van der Waals surface area contributed by atoms with Gasteiger partial charge in [0.1, 0.15) is 0 Å². The van der Waals surface area contributed by atoms with Crippen LogP contribution < -0.4 is 22.1 Å². The Balaban J connectivity index is 3.26. The molecule has 0 saturated carbocycles. The van der Waals surface area contributed by atoms with Crippen molar-refractivity contribution in [2.24, 2.45) is 11.5 Å². The summed E-state index contributed by atoms with van der Waals surface area (Å²) in [6.07, 6.45) is 0. The van der Waals surface area contributed by atoms with E-state index >= 15 is 0 Å². The molecule has 8 heteroatoms. The predicted octanol–water partition coefficient (Wildman–Crippen LogP) is -0.705. The monoisotopic (exact) mass is 294 g/mol. The highest BCUT2D eigenvalue weighted by atomic mass is 33.1. The number of amides is 2. The number of hydrogen-bond donors (Lipinski definition) is 4. The van der Waals surface area contributed by atoms with Gasteiger partial charge in [0.05, 0.1) is 12.1 Å². The van der Waals surface area contributed by atoms with Crippen molar-refractivity contribution in [3.8, 4) is 0 Å². The minimum absolute atomic E-state index is 0.284. The molecule has 18 heavy (non-hydrogen) atoms. The molecule has 0 aromatic heterocycles. The lowest BCUT2D eigenvalue weighted by atomic mass is 10.3. The van der Waals surface area contributed by atoms with E-state index in [1.54, 1.807) is 35.4 Å². The number of rotatable bonds is 11. The highest BCUT2D eigenvalue weighted by Gasteiger charge is 2.07. The van der Waals surface area contributed by atoms with Crippen LogP contribution in [0.4, 0.5) is 0 Å². The third kappa shape index (κ3) is 9.58. The van der Waals surface area contributed by atoms with Gasteiger partial charge >= 0.3 is 0 Å². The van der Waals surface area contributed by atoms with Crippen LogP contribution in [0.15, 0.2) is 0 Å². The Labute approximate surface area is 116 Å². The van der Waals surface area contributed by atoms with Gasteiger partial charge in [0.15, 0.2) is 0 Å². The lowest BCUT2D eigenvalue weighted by Crippen LogP contribution is -2.39. The summed E-state index contributed by atoms with van der Waals surface area (Å²) in [5.41, 5.74) is 10.2. The lowest BCUT2D eigenvalue weighted by Gasteiger charge is -2.10. The summed E-state index contributed by atoms with van der Waals surface area (Å²) in [5.74, 6) is 1.12. The molecular formula is C10H22N4O2S2. The van der Waals surface area contributed by atoms with Gasteiger partial charge in [0, 0.05) is 24.6 Å². The van der Waals surface area contributed by atoms with Crippen LogP contribution in [-0.2, 0) is 9.59 Å². The minimum Gasteiger partial charge on any atom is -0.368 e. The van der Waals surface area contributed by atoms with Gasteiger partial charge in [-0.2, -0.15) is 0 Å². The van der Waals surface area contributed by atoms with Gasteiger partial charge in [-0.05, 0) is 13.8 Å². The lowest BCUT2D eigenvalue weighted by molar-refractivity contribution is -0.120. The van der Waals surface area contributed by atoms with Gasteiger partial charge in [-0.25, -0.2) is 0 Å². The van der Waals surface area contributed by atoms with Gasteiger partial charge < -0.3 is 22.1 Å². The van der Waals surface area contributed by atoms with Crippen LogP contribution >= 0.6 is 21.6 Å². The van der Waals surface area contributed by atoms with Crippen LogP contribution in [0.25, 0.3) is 0 Å². The van der Waals surface area contributed by atoms with E-state index in [0.717, 1.165) is 24.6 Å². The highest BCUT2D eigenvalue weighted by molar-refractivity contribution is 8.76. The largest absolute Gasteiger partial charge is 0.368 e. The Morgan fingerprint density at radius 3 is 1.56 bits per heavy atom. The molecule has 0 radical (unpaired) electrons. The van der Waals surface area contributed by atoms with Crippen LogP contribution in [0, 0.1) is 0 Å². The van der Waals surface area contributed by atoms with Crippen LogP contribution in [0.1, 0.15) is 13.8 Å². The Morgan fingerprint density at radius 2 is 1.28 bits per heavy atom. The van der Waals surface area contributed by atoms with Gasteiger partial charge in [-0.3, -0.25) is 9.59 Å². The summed E-state index contributed by atoms with van der Waals surface area (Å²) in [5, 5.41) is 6.04. The van der Waals surface area contributed by atoms with Gasteiger partial charge in [0.25, 0.3) is 0 Å². The molecule has 0 aromatic rings. The molecule has 0 heterocycles. The quantitative estimate of drug-likeness (QED) is 0.296. The normalized spacial score (nSPS) is 14.1. The maximum Gasteiger partial charge on any atom is 0.234 e. The Hall–Kier alpha value is -0.440. The minimum atomic E-state index is -0.336. The summed E-state index contributed by atoms with van der Waals surface area (Å²) in [6, 6.07) is -0.567. The van der Waals surface area contributed by atoms with Crippen molar-refractivity contribution < 1.29 is 9.59 Å². The van der Waals surface area contributed by atoms with Crippen LogP contribution in [0.3, 0.4) is 0 Å². The van der Waals surface area contributed by atoms with E-state index < -0.39 is 0 Å². The van der Waals surface area contributed by atoms with Crippen LogP contribution in [0.5, 0.6) is 0 Å². The molecule has 6 N–H and O–H groups in total. The summed E-state index contributed by atoms with van der Waals surface area (Å²) < 4.78 is 0. The molecule has 0 aliphatic carbocycles. The molecule has 0 rings (SSSR count). The Bertz CT molecular complexity index is 240. The average Bonchev–Trinajstić information content (AvgIpc) is 2.31. The number of carbonyl (C=O) groups excluding carboxylic acids is 2. The van der Waals surface area contributed by atoms with Crippen molar-refractivity contribution in [2.75, 3.05) is 24.6 Å². The van der Waals surface area contributed by atoms with Crippen LogP contribution in [-0.4, -0.2) is 48.5 Å². The fourth-order valence-electron chi connectivity index (χ4n) is 0.953. The maximum absolute atomic E-state index is 10.7. The zero-order chi connectivity index (χ0) is 14.0. The SMILES string of the molecule is CC(NCCSSCCNC(C)C(N)=O)C(N)=O. The third-order valence-corrected chi connectivity index (χ3v) is 4.62. The second-order valence-corrected chi connectivity index (χ2v) is 6.50. The maximum atomic E-state index is 10.7. The van der Waals surface area contributed by atoms with Crippen LogP contribution in [0.2, 0.25) is 0 Å². The molecule has 0 aliphatic heterocycles. The number of primary amides is 2. The summed E-state index contributed by atoms with van der Waals surface area (Å²) in [6.45, 7) is 4.98. The molecule has 0 aliphatic rings. The molecule has 106 valence electrons. The standard InChI is InChI=1S/C10H22N4O2S2/c1-7(9(11)15)13-3-5-17-18-6-4-14-8(2)10(12)16/h7-8,13-14H,3-6H2,1-2H3,(H2,11,15)(H2,12,16). The second kappa shape index (κ2) is 10.5. The molecule has 0 saturated heterocycles. The van der Waals surface area contributed by atoms with E-state index in [9.17, 15) is 9.59 Å². The molecular weight excluding hydrogens is 272 g/mol. The third-order valence-electron chi connectivity index (χ3n) is 2.21. The Kier molecular flexibility index (Phi) is 10.2. The van der Waals surface area contributed by atoms with Crippen molar-refractivity contribution in [1.29, 1.82) is 0 Å². The number of hydrogen-bond acceptors (Lipinski definition) is 6. The molecule has 2 atom stereocenters. The fraction of sp³-hybridized carbons (Fsp3) is 0.800. The molecule has 0 aromatic carbocycles. The van der Waals surface area contributed by atoms with E-state index in [1.165, 1.54) is 0 Å². The van der Waals surface area contributed by atoms with E-state index in [2.05, 4.69) is 10.6 Å². The van der Waals surface area contributed by atoms with Gasteiger partial charge in [-0.15, -0.1) is 0 Å². The van der Waals surface area contributed by atoms with Gasteiger partial charge in [-0.1, -0.05) is 21.6 Å². The first kappa shape index (κ1) is 17.6. The van der Waals surface area contributed by atoms with Crippen molar-refractivity contribution in [2.45, 2.75) is 25.9 Å². The number of carbonyl (C=O) groups is 2. The summed E-state index contributed by atoms with van der Waals surface area (Å²) >= 11 is 0. The first-order valence-corrected chi connectivity index (χ1v) is 8.23. The van der Waals surface area contributed by atoms with E-state index in [1.807, 2.05) is 0 Å². The molecule has 2 unspecified atom stereocenters. The number of nitrogens with one attached hydrogen (secondary N) is 2. The first-order chi connectivity index (χ1) is 8.45. The molecule has 0 bridgehead atoms. The highest BCUT2D eigenvalue weighted by Crippen LogP contribution is 2.19. The zero-order valence-corrected chi connectivity index (χ0v) is 12.4. The molecule has 2 amide bonds. The van der Waals surface area contributed by atoms with Crippen molar-refractivity contribution >= 4 is 33.4 Å². The number of nitrogens with two attached hydrogens (primary N) is 2. The van der Waals surface area contributed by atoms with E-state index in [-0.39, 0.29) is 23.9 Å². The average molecular weight is 294 g/mol. The summed E-state index contributed by atoms with van der Waals surface area (Å²) in [7, 11) is 3.43. The predicted molar refractivity (Wildman–Crippen MR) is 78.2 cm³/mol. The van der Waals surface area contributed by atoms with Crippen molar-refractivity contribution in [3.05, 3.63) is 0 Å². The fourth-order valence-corrected chi connectivity index (χ4v) is 2.80. The zero-order valence-electron chi connectivity index (χ0n) is 10.8. The topological polar surface area (TPSA) is 110 Å². The molecule has 0 spiro atoms. The summed E-state index contributed by atoms with van der Waals surface area (Å²) in [4.78, 5) is 21.4. The van der Waals surface area contributed by atoms with Crippen molar-refractivity contribution in [3.63, 3.8) is 0 Å². The van der Waals surface area contributed by atoms with E-state index in [4.69, 9.17) is 11.5 Å².